The summed E-state index contributed by atoms with van der Waals surface area (Å²) in [5.74, 6) is -0.686. The van der Waals surface area contributed by atoms with Crippen molar-refractivity contribution in [3.63, 3.8) is 0 Å². The zero-order valence-electron chi connectivity index (χ0n) is 14.4. The Morgan fingerprint density at radius 2 is 2.12 bits per heavy atom. The fraction of sp³-hybridized carbons (Fsp3) is 0.333. The highest BCUT2D eigenvalue weighted by molar-refractivity contribution is 6.13. The van der Waals surface area contributed by atoms with Crippen LogP contribution >= 0.6 is 0 Å². The molecule has 4 rings (SSSR count). The Hall–Kier alpha value is -3.16. The number of nitrogens with one attached hydrogen (secondary N) is 1. The van der Waals surface area contributed by atoms with Crippen LogP contribution in [0.3, 0.4) is 0 Å². The van der Waals surface area contributed by atoms with Crippen molar-refractivity contribution >= 4 is 29.1 Å². The first-order valence-corrected chi connectivity index (χ1v) is 8.54. The van der Waals surface area contributed by atoms with E-state index in [0.717, 1.165) is 6.42 Å². The number of hydrogen-bond donors (Lipinski definition) is 1. The lowest BCUT2D eigenvalue weighted by molar-refractivity contribution is -0.124. The van der Waals surface area contributed by atoms with Crippen LogP contribution in [0.25, 0.3) is 0 Å². The average Bonchev–Trinajstić information content (AvgIpc) is 3.26. The van der Waals surface area contributed by atoms with Gasteiger partial charge in [0.2, 0.25) is 11.8 Å². The summed E-state index contributed by atoms with van der Waals surface area (Å²) in [5, 5.41) is 6.74. The van der Waals surface area contributed by atoms with E-state index in [2.05, 4.69) is 10.4 Å². The molecule has 8 nitrogen and oxygen atoms in total. The number of carbonyl (C=O) groups excluding carboxylic acids is 3. The molecule has 2 aliphatic rings. The van der Waals surface area contributed by atoms with Crippen molar-refractivity contribution < 1.29 is 14.4 Å². The third-order valence-electron chi connectivity index (χ3n) is 4.78. The summed E-state index contributed by atoms with van der Waals surface area (Å²) in [6.07, 6.45) is 4.63. The van der Waals surface area contributed by atoms with Crippen molar-refractivity contribution in [1.29, 1.82) is 0 Å². The van der Waals surface area contributed by atoms with E-state index < -0.39 is 6.04 Å². The number of fused-ring (bicyclic) bond motifs is 2. The molecule has 0 radical (unpaired) electrons. The third-order valence-corrected chi connectivity index (χ3v) is 4.78. The Morgan fingerprint density at radius 3 is 2.88 bits per heavy atom. The van der Waals surface area contributed by atoms with Crippen LogP contribution in [0.5, 0.6) is 0 Å². The molecule has 1 aromatic heterocycles. The molecule has 0 saturated carbocycles. The first kappa shape index (κ1) is 16.3. The molecule has 2 aromatic rings. The second-order valence-corrected chi connectivity index (χ2v) is 6.55. The Labute approximate surface area is 150 Å². The monoisotopic (exact) mass is 353 g/mol. The van der Waals surface area contributed by atoms with Crippen LogP contribution in [0.1, 0.15) is 23.2 Å². The highest BCUT2D eigenvalue weighted by Crippen LogP contribution is 2.32. The molecule has 0 unspecified atom stereocenters. The zero-order chi connectivity index (χ0) is 18.3. The number of rotatable bonds is 3. The highest BCUT2D eigenvalue weighted by atomic mass is 16.2. The SMILES string of the molecule is Cn1cc(NC(=O)CN2C(=O)[C@@H]3CCCN3C(=O)c3ccccc32)cn1. The summed E-state index contributed by atoms with van der Waals surface area (Å²) in [4.78, 5) is 41.4. The predicted octanol–water partition coefficient (Wildman–Crippen LogP) is 1.01. The van der Waals surface area contributed by atoms with E-state index in [1.54, 1.807) is 53.3 Å². The Bertz CT molecular complexity index is 890. The maximum atomic E-state index is 13.1. The summed E-state index contributed by atoms with van der Waals surface area (Å²) < 4.78 is 1.58. The minimum Gasteiger partial charge on any atom is -0.327 e. The van der Waals surface area contributed by atoms with Gasteiger partial charge in [0.25, 0.3) is 5.91 Å². The van der Waals surface area contributed by atoms with Gasteiger partial charge < -0.3 is 15.1 Å². The van der Waals surface area contributed by atoms with Gasteiger partial charge in [-0.25, -0.2) is 0 Å². The van der Waals surface area contributed by atoms with Gasteiger partial charge in [-0.2, -0.15) is 5.10 Å². The predicted molar refractivity (Wildman–Crippen MR) is 94.7 cm³/mol. The van der Waals surface area contributed by atoms with E-state index in [4.69, 9.17) is 0 Å². The first-order chi connectivity index (χ1) is 12.5. The number of aryl methyl sites for hydroxylation is 1. The number of amides is 3. The van der Waals surface area contributed by atoms with Crippen LogP contribution in [0.4, 0.5) is 11.4 Å². The fourth-order valence-electron chi connectivity index (χ4n) is 3.60. The standard InChI is InChI=1S/C18H19N5O3/c1-21-10-12(9-19-21)20-16(24)11-23-14-6-3-2-5-13(14)17(25)22-8-4-7-15(22)18(23)26/h2-3,5-6,9-10,15H,4,7-8,11H2,1H3,(H,20,24)/t15-/m0/s1. The average molecular weight is 353 g/mol. The van der Waals surface area contributed by atoms with E-state index >= 15 is 0 Å². The molecule has 2 aliphatic heterocycles. The molecule has 0 bridgehead atoms. The molecule has 1 aromatic carbocycles. The van der Waals surface area contributed by atoms with Gasteiger partial charge in [0.1, 0.15) is 12.6 Å². The van der Waals surface area contributed by atoms with Crippen LogP contribution in [-0.2, 0) is 16.6 Å². The van der Waals surface area contributed by atoms with Crippen LogP contribution < -0.4 is 10.2 Å². The van der Waals surface area contributed by atoms with Crippen molar-refractivity contribution in [2.45, 2.75) is 18.9 Å². The van der Waals surface area contributed by atoms with E-state index in [-0.39, 0.29) is 24.3 Å². The number of hydrogen-bond acceptors (Lipinski definition) is 4. The lowest BCUT2D eigenvalue weighted by Gasteiger charge is -2.25. The number of para-hydroxylation sites is 1. The van der Waals surface area contributed by atoms with Gasteiger partial charge >= 0.3 is 0 Å². The van der Waals surface area contributed by atoms with Crippen molar-refractivity contribution in [3.05, 3.63) is 42.2 Å². The van der Waals surface area contributed by atoms with Crippen molar-refractivity contribution in [2.75, 3.05) is 23.3 Å². The maximum absolute atomic E-state index is 13.1. The molecule has 0 aliphatic carbocycles. The van der Waals surface area contributed by atoms with Gasteiger partial charge in [-0.05, 0) is 25.0 Å². The lowest BCUT2D eigenvalue weighted by Crippen LogP contribution is -2.47. The van der Waals surface area contributed by atoms with Crippen molar-refractivity contribution in [2.24, 2.45) is 7.05 Å². The van der Waals surface area contributed by atoms with E-state index in [9.17, 15) is 14.4 Å². The largest absolute Gasteiger partial charge is 0.327 e. The van der Waals surface area contributed by atoms with Gasteiger partial charge in [-0.15, -0.1) is 0 Å². The summed E-state index contributed by atoms with van der Waals surface area (Å²) in [7, 11) is 1.75. The highest BCUT2D eigenvalue weighted by Gasteiger charge is 2.42. The Kier molecular flexibility index (Phi) is 3.95. The lowest BCUT2D eigenvalue weighted by atomic mass is 10.1. The normalized spacial score (nSPS) is 19.2. The minimum atomic E-state index is -0.499. The summed E-state index contributed by atoms with van der Waals surface area (Å²) >= 11 is 0. The van der Waals surface area contributed by atoms with E-state index in [1.807, 2.05) is 0 Å². The fourth-order valence-corrected chi connectivity index (χ4v) is 3.60. The number of benzene rings is 1. The van der Waals surface area contributed by atoms with Crippen LogP contribution in [-0.4, -0.2) is 51.5 Å². The number of aromatic nitrogens is 2. The molecule has 1 saturated heterocycles. The second kappa shape index (κ2) is 6.29. The summed E-state index contributed by atoms with van der Waals surface area (Å²) in [6.45, 7) is 0.418. The molecule has 26 heavy (non-hydrogen) atoms. The number of anilines is 2. The smallest absolute Gasteiger partial charge is 0.256 e. The number of nitrogens with zero attached hydrogens (tertiary/aromatic N) is 4. The van der Waals surface area contributed by atoms with E-state index in [0.29, 0.717) is 29.9 Å². The molecule has 1 fully saturated rings. The van der Waals surface area contributed by atoms with Crippen LogP contribution in [0, 0.1) is 0 Å². The maximum Gasteiger partial charge on any atom is 0.256 e. The van der Waals surface area contributed by atoms with Crippen molar-refractivity contribution in [3.8, 4) is 0 Å². The molecule has 8 heteroatoms. The van der Waals surface area contributed by atoms with Gasteiger partial charge in [0.05, 0.1) is 23.1 Å². The molecular formula is C18H19N5O3. The number of carbonyl (C=O) groups is 3. The van der Waals surface area contributed by atoms with Gasteiger partial charge in [0, 0.05) is 19.8 Å². The van der Waals surface area contributed by atoms with Gasteiger partial charge in [-0.1, -0.05) is 12.1 Å². The Balaban J connectivity index is 1.64. The van der Waals surface area contributed by atoms with Crippen molar-refractivity contribution in [1.82, 2.24) is 14.7 Å². The van der Waals surface area contributed by atoms with Gasteiger partial charge in [-0.3, -0.25) is 19.1 Å². The zero-order valence-corrected chi connectivity index (χ0v) is 14.4. The molecule has 3 amide bonds. The third kappa shape index (κ3) is 2.73. The summed E-state index contributed by atoms with van der Waals surface area (Å²) in [6, 6.07) is 6.46. The molecule has 134 valence electrons. The molecule has 1 N–H and O–H groups in total. The Morgan fingerprint density at radius 1 is 1.31 bits per heavy atom. The minimum absolute atomic E-state index is 0.147. The molecular weight excluding hydrogens is 334 g/mol. The van der Waals surface area contributed by atoms with Gasteiger partial charge in [0.15, 0.2) is 0 Å². The topological polar surface area (TPSA) is 87.5 Å². The molecule has 1 atom stereocenters. The first-order valence-electron chi connectivity index (χ1n) is 8.54. The van der Waals surface area contributed by atoms with Crippen LogP contribution in [0.2, 0.25) is 0 Å². The summed E-state index contributed by atoms with van der Waals surface area (Å²) in [5.41, 5.74) is 1.50. The quantitative estimate of drug-likeness (QED) is 0.892. The van der Waals surface area contributed by atoms with E-state index in [1.165, 1.54) is 4.90 Å². The molecule has 3 heterocycles. The molecule has 0 spiro atoms. The van der Waals surface area contributed by atoms with Crippen LogP contribution in [0.15, 0.2) is 36.7 Å². The second-order valence-electron chi connectivity index (χ2n) is 6.55.